The third kappa shape index (κ3) is 4.62. The van der Waals surface area contributed by atoms with E-state index < -0.39 is 0 Å². The molecule has 0 N–H and O–H groups in total. The Hall–Kier alpha value is -0.830. The summed E-state index contributed by atoms with van der Waals surface area (Å²) in [6.45, 7) is 4.86. The van der Waals surface area contributed by atoms with Crippen molar-refractivity contribution in [3.05, 3.63) is 12.7 Å². The van der Waals surface area contributed by atoms with Gasteiger partial charge >= 0.3 is 5.97 Å². The topological polar surface area (TPSA) is 29.5 Å². The molecule has 2 fully saturated rings. The molecule has 0 aliphatic heterocycles. The number of carbonyl (C=O) groups is 1. The maximum absolute atomic E-state index is 11.2. The molecule has 3 heteroatoms. The van der Waals surface area contributed by atoms with Crippen LogP contribution in [0, 0.1) is 0 Å². The molecule has 20 heavy (non-hydrogen) atoms. The molecule has 0 aromatic rings. The highest BCUT2D eigenvalue weighted by Gasteiger charge is 2.28. The summed E-state index contributed by atoms with van der Waals surface area (Å²) < 4.78 is 5.20. The van der Waals surface area contributed by atoms with E-state index in [4.69, 9.17) is 4.74 Å². The van der Waals surface area contributed by atoms with Crippen LogP contribution in [-0.2, 0) is 9.53 Å². The number of nitrogens with zero attached hydrogens (tertiary/aromatic N) is 1. The maximum Gasteiger partial charge on any atom is 0.330 e. The number of hydrogen-bond acceptors (Lipinski definition) is 3. The van der Waals surface area contributed by atoms with E-state index in [0.29, 0.717) is 18.7 Å². The number of rotatable bonds is 6. The molecule has 2 rings (SSSR count). The second-order valence-corrected chi connectivity index (χ2v) is 6.19. The molecular formula is C17H29NO2. The van der Waals surface area contributed by atoms with Crippen molar-refractivity contribution in [1.82, 2.24) is 4.90 Å². The average Bonchev–Trinajstić information content (AvgIpc) is 2.53. The van der Waals surface area contributed by atoms with E-state index in [2.05, 4.69) is 11.5 Å². The Morgan fingerprint density at radius 1 is 1.00 bits per heavy atom. The van der Waals surface area contributed by atoms with E-state index in [-0.39, 0.29) is 5.97 Å². The van der Waals surface area contributed by atoms with Crippen LogP contribution >= 0.6 is 0 Å². The molecule has 2 aliphatic carbocycles. The lowest BCUT2D eigenvalue weighted by molar-refractivity contribution is -0.138. The third-order valence-corrected chi connectivity index (χ3v) is 4.85. The first-order chi connectivity index (χ1) is 9.81. The minimum Gasteiger partial charge on any atom is -0.461 e. The quantitative estimate of drug-likeness (QED) is 0.548. The molecule has 0 aromatic heterocycles. The Morgan fingerprint density at radius 2 is 1.50 bits per heavy atom. The van der Waals surface area contributed by atoms with Gasteiger partial charge in [-0.15, -0.1) is 0 Å². The van der Waals surface area contributed by atoms with Crippen LogP contribution in [0.4, 0.5) is 0 Å². The summed E-state index contributed by atoms with van der Waals surface area (Å²) in [6, 6.07) is 1.43. The molecule has 2 saturated carbocycles. The predicted molar refractivity (Wildman–Crippen MR) is 81.6 cm³/mol. The van der Waals surface area contributed by atoms with E-state index in [0.717, 1.165) is 6.54 Å². The van der Waals surface area contributed by atoms with Crippen LogP contribution in [0.3, 0.4) is 0 Å². The van der Waals surface area contributed by atoms with Gasteiger partial charge in [0.05, 0.1) is 0 Å². The number of carbonyl (C=O) groups excluding carboxylic acids is 1. The van der Waals surface area contributed by atoms with Gasteiger partial charge in [0.2, 0.25) is 0 Å². The minimum atomic E-state index is -0.294. The molecule has 0 atom stereocenters. The van der Waals surface area contributed by atoms with Gasteiger partial charge < -0.3 is 4.74 Å². The molecule has 0 unspecified atom stereocenters. The van der Waals surface area contributed by atoms with Crippen molar-refractivity contribution in [3.63, 3.8) is 0 Å². The minimum absolute atomic E-state index is 0.294. The summed E-state index contributed by atoms with van der Waals surface area (Å²) >= 11 is 0. The van der Waals surface area contributed by atoms with Crippen molar-refractivity contribution >= 4 is 5.97 Å². The summed E-state index contributed by atoms with van der Waals surface area (Å²) in [6.07, 6.45) is 14.8. The molecule has 0 bridgehead atoms. The predicted octanol–water partition coefficient (Wildman–Crippen LogP) is 3.68. The van der Waals surface area contributed by atoms with E-state index in [1.165, 1.54) is 70.3 Å². The Bertz CT molecular complexity index is 286. The molecule has 0 spiro atoms. The van der Waals surface area contributed by atoms with Gasteiger partial charge in [-0.1, -0.05) is 45.1 Å². The van der Waals surface area contributed by atoms with Gasteiger partial charge in [-0.3, -0.25) is 4.90 Å². The molecular weight excluding hydrogens is 250 g/mol. The van der Waals surface area contributed by atoms with Crippen molar-refractivity contribution in [2.45, 2.75) is 76.3 Å². The highest BCUT2D eigenvalue weighted by atomic mass is 16.5. The van der Waals surface area contributed by atoms with Crippen LogP contribution in [0.15, 0.2) is 12.7 Å². The summed E-state index contributed by atoms with van der Waals surface area (Å²) in [5, 5.41) is 0. The van der Waals surface area contributed by atoms with Gasteiger partial charge in [0.25, 0.3) is 0 Å². The average molecular weight is 279 g/mol. The van der Waals surface area contributed by atoms with Gasteiger partial charge in [0, 0.05) is 24.7 Å². The smallest absolute Gasteiger partial charge is 0.330 e. The maximum atomic E-state index is 11.2. The molecule has 3 nitrogen and oxygen atoms in total. The lowest BCUT2D eigenvalue weighted by Gasteiger charge is -2.41. The highest BCUT2D eigenvalue weighted by molar-refractivity contribution is 5.81. The third-order valence-electron chi connectivity index (χ3n) is 4.85. The van der Waals surface area contributed by atoms with Crippen molar-refractivity contribution in [3.8, 4) is 0 Å². The van der Waals surface area contributed by atoms with Crippen LogP contribution in [0.5, 0.6) is 0 Å². The lowest BCUT2D eigenvalue weighted by atomic mass is 9.88. The van der Waals surface area contributed by atoms with E-state index >= 15 is 0 Å². The normalized spacial score (nSPS) is 21.9. The Kier molecular flexibility index (Phi) is 6.58. The van der Waals surface area contributed by atoms with E-state index in [9.17, 15) is 4.79 Å². The Morgan fingerprint density at radius 3 is 1.95 bits per heavy atom. The first-order valence-corrected chi connectivity index (χ1v) is 8.36. The summed E-state index contributed by atoms with van der Waals surface area (Å²) in [7, 11) is 0. The van der Waals surface area contributed by atoms with Gasteiger partial charge in [0.15, 0.2) is 0 Å². The molecule has 0 amide bonds. The second-order valence-electron chi connectivity index (χ2n) is 6.19. The van der Waals surface area contributed by atoms with Crippen molar-refractivity contribution in [1.29, 1.82) is 0 Å². The first kappa shape index (κ1) is 15.6. The fourth-order valence-electron chi connectivity index (χ4n) is 3.80. The van der Waals surface area contributed by atoms with Gasteiger partial charge in [-0.25, -0.2) is 4.79 Å². The van der Waals surface area contributed by atoms with Gasteiger partial charge in [-0.2, -0.15) is 0 Å². The SMILES string of the molecule is C=CC(=O)OCCN(C1CCCCC1)C1CCCCC1. The largest absolute Gasteiger partial charge is 0.461 e. The molecule has 114 valence electrons. The molecule has 0 saturated heterocycles. The lowest BCUT2D eigenvalue weighted by Crippen LogP contribution is -2.46. The second kappa shape index (κ2) is 8.46. The molecule has 0 aromatic carbocycles. The zero-order chi connectivity index (χ0) is 14.2. The summed E-state index contributed by atoms with van der Waals surface area (Å²) in [5.74, 6) is -0.294. The zero-order valence-corrected chi connectivity index (χ0v) is 12.7. The zero-order valence-electron chi connectivity index (χ0n) is 12.7. The first-order valence-electron chi connectivity index (χ1n) is 8.36. The van der Waals surface area contributed by atoms with Gasteiger partial charge in [0.1, 0.15) is 6.61 Å². The number of ether oxygens (including phenoxy) is 1. The summed E-state index contributed by atoms with van der Waals surface area (Å²) in [5.41, 5.74) is 0. The van der Waals surface area contributed by atoms with Crippen LogP contribution in [0.1, 0.15) is 64.2 Å². The van der Waals surface area contributed by atoms with Crippen molar-refractivity contribution < 1.29 is 9.53 Å². The standard InChI is InChI=1S/C17H29NO2/c1-2-17(19)20-14-13-18(15-9-5-3-6-10-15)16-11-7-4-8-12-16/h2,15-16H,1,3-14H2. The van der Waals surface area contributed by atoms with Crippen LogP contribution < -0.4 is 0 Å². The van der Waals surface area contributed by atoms with E-state index in [1.807, 2.05) is 0 Å². The highest BCUT2D eigenvalue weighted by Crippen LogP contribution is 2.29. The van der Waals surface area contributed by atoms with Crippen LogP contribution in [-0.4, -0.2) is 36.1 Å². The Balaban J connectivity index is 1.87. The summed E-state index contributed by atoms with van der Waals surface area (Å²) in [4.78, 5) is 13.8. The molecule has 0 heterocycles. The van der Waals surface area contributed by atoms with Crippen LogP contribution in [0.2, 0.25) is 0 Å². The number of hydrogen-bond donors (Lipinski definition) is 0. The van der Waals surface area contributed by atoms with E-state index in [1.54, 1.807) is 0 Å². The van der Waals surface area contributed by atoms with Crippen molar-refractivity contribution in [2.24, 2.45) is 0 Å². The Labute approximate surface area is 123 Å². The fourth-order valence-corrected chi connectivity index (χ4v) is 3.80. The van der Waals surface area contributed by atoms with Crippen molar-refractivity contribution in [2.75, 3.05) is 13.2 Å². The van der Waals surface area contributed by atoms with Gasteiger partial charge in [-0.05, 0) is 25.7 Å². The van der Waals surface area contributed by atoms with Crippen LogP contribution in [0.25, 0.3) is 0 Å². The fraction of sp³-hybridized carbons (Fsp3) is 0.824. The molecule has 0 radical (unpaired) electrons. The molecule has 2 aliphatic rings. The number of esters is 1. The monoisotopic (exact) mass is 279 g/mol.